The average molecular weight is 611 g/mol. The fraction of sp³-hybridized carbons (Fsp3) is 0.333. The van der Waals surface area contributed by atoms with E-state index >= 15 is 0 Å². The lowest BCUT2D eigenvalue weighted by atomic mass is 9.99. The summed E-state index contributed by atoms with van der Waals surface area (Å²) in [7, 11) is 0. The molecule has 0 saturated carbocycles. The number of azide groups is 1. The van der Waals surface area contributed by atoms with Gasteiger partial charge in [-0.2, -0.15) is 0 Å². The molecule has 0 spiro atoms. The fourth-order valence-corrected chi connectivity index (χ4v) is 4.30. The molecular formula is C27H30N8O9. The van der Waals surface area contributed by atoms with Crippen LogP contribution in [-0.4, -0.2) is 99.8 Å². The molecule has 2 aromatic carbocycles. The molecule has 0 aromatic heterocycles. The van der Waals surface area contributed by atoms with E-state index in [1.54, 1.807) is 17.0 Å². The lowest BCUT2D eigenvalue weighted by molar-refractivity contribution is -0.141. The van der Waals surface area contributed by atoms with Crippen LogP contribution >= 0.6 is 0 Å². The second-order valence-electron chi connectivity index (χ2n) is 9.64. The number of amides is 5. The van der Waals surface area contributed by atoms with Gasteiger partial charge in [-0.25, -0.2) is 14.4 Å². The van der Waals surface area contributed by atoms with Crippen molar-refractivity contribution in [2.24, 2.45) is 5.11 Å². The average Bonchev–Trinajstić information content (AvgIpc) is 3.00. The van der Waals surface area contributed by atoms with Crippen LogP contribution in [0.1, 0.15) is 34.7 Å². The van der Waals surface area contributed by atoms with Gasteiger partial charge in [0.15, 0.2) is 0 Å². The molecule has 44 heavy (non-hydrogen) atoms. The van der Waals surface area contributed by atoms with Gasteiger partial charge in [0.05, 0.1) is 5.92 Å². The number of nitrogens with one attached hydrogen (secondary N) is 3. The number of rotatable bonds is 12. The smallest absolute Gasteiger partial charge is 0.326 e. The Morgan fingerprint density at radius 1 is 0.864 bits per heavy atom. The van der Waals surface area contributed by atoms with Crippen molar-refractivity contribution in [3.05, 3.63) is 70.1 Å². The second-order valence-corrected chi connectivity index (χ2v) is 9.64. The van der Waals surface area contributed by atoms with Gasteiger partial charge >= 0.3 is 30.0 Å². The largest absolute Gasteiger partial charge is 0.481 e. The van der Waals surface area contributed by atoms with Crippen LogP contribution in [0.3, 0.4) is 0 Å². The number of anilines is 1. The summed E-state index contributed by atoms with van der Waals surface area (Å²) in [5.74, 6) is -5.34. The highest BCUT2D eigenvalue weighted by Gasteiger charge is 2.26. The van der Waals surface area contributed by atoms with Crippen molar-refractivity contribution in [1.29, 1.82) is 0 Å². The third-order valence-electron chi connectivity index (χ3n) is 6.71. The van der Waals surface area contributed by atoms with Crippen molar-refractivity contribution >= 4 is 47.3 Å². The van der Waals surface area contributed by atoms with Crippen molar-refractivity contribution in [2.75, 3.05) is 38.0 Å². The first kappa shape index (κ1) is 32.7. The van der Waals surface area contributed by atoms with Crippen LogP contribution in [-0.2, 0) is 14.4 Å². The van der Waals surface area contributed by atoms with Crippen molar-refractivity contribution in [1.82, 2.24) is 20.4 Å². The van der Waals surface area contributed by atoms with Gasteiger partial charge in [-0.1, -0.05) is 29.4 Å². The number of aliphatic carboxylic acids is 3. The topological polar surface area (TPSA) is 254 Å². The summed E-state index contributed by atoms with van der Waals surface area (Å²) in [6.45, 7) is 0.771. The highest BCUT2D eigenvalue weighted by atomic mass is 16.4. The van der Waals surface area contributed by atoms with Gasteiger partial charge in [0.1, 0.15) is 6.04 Å². The molecule has 2 atom stereocenters. The molecule has 17 nitrogen and oxygen atoms in total. The van der Waals surface area contributed by atoms with Crippen molar-refractivity contribution in [3.63, 3.8) is 0 Å². The van der Waals surface area contributed by atoms with Gasteiger partial charge in [0.25, 0.3) is 5.91 Å². The zero-order valence-electron chi connectivity index (χ0n) is 23.3. The van der Waals surface area contributed by atoms with Crippen LogP contribution < -0.4 is 16.0 Å². The predicted octanol–water partition coefficient (Wildman–Crippen LogP) is 2.40. The van der Waals surface area contributed by atoms with Gasteiger partial charge in [-0.15, -0.1) is 0 Å². The Labute approximate surface area is 250 Å². The molecule has 1 heterocycles. The lowest BCUT2D eigenvalue weighted by Crippen LogP contribution is -2.51. The maximum atomic E-state index is 12.8. The molecule has 2 aromatic rings. The predicted molar refractivity (Wildman–Crippen MR) is 153 cm³/mol. The fourth-order valence-electron chi connectivity index (χ4n) is 4.30. The molecule has 0 aliphatic carbocycles. The van der Waals surface area contributed by atoms with Gasteiger partial charge < -0.3 is 41.1 Å². The second kappa shape index (κ2) is 15.4. The Morgan fingerprint density at radius 2 is 1.48 bits per heavy atom. The summed E-state index contributed by atoms with van der Waals surface area (Å²) in [6.07, 6.45) is -0.831. The Bertz CT molecular complexity index is 1430. The molecule has 1 aliphatic rings. The van der Waals surface area contributed by atoms with E-state index in [2.05, 4.69) is 26.0 Å². The van der Waals surface area contributed by atoms with Gasteiger partial charge in [-0.3, -0.25) is 14.4 Å². The van der Waals surface area contributed by atoms with Crippen molar-refractivity contribution < 1.29 is 44.1 Å². The van der Waals surface area contributed by atoms with E-state index in [0.717, 1.165) is 0 Å². The minimum Gasteiger partial charge on any atom is -0.481 e. The van der Waals surface area contributed by atoms with E-state index in [1.807, 2.05) is 0 Å². The minimum atomic E-state index is -1.47. The van der Waals surface area contributed by atoms with Crippen LogP contribution in [0.2, 0.25) is 0 Å². The number of carbonyl (C=O) groups excluding carboxylic acids is 3. The highest BCUT2D eigenvalue weighted by molar-refractivity contribution is 5.95. The first-order valence-electron chi connectivity index (χ1n) is 13.3. The monoisotopic (exact) mass is 610 g/mol. The summed E-state index contributed by atoms with van der Waals surface area (Å²) in [6, 6.07) is 9.28. The van der Waals surface area contributed by atoms with Crippen LogP contribution in [0.15, 0.2) is 53.6 Å². The molecule has 5 amide bonds. The zero-order valence-corrected chi connectivity index (χ0v) is 23.3. The SMILES string of the molecule is [N-]=[N+]=Nc1ccc(C(=O)N2CCN(C(=O)Nc3ccc([C@H](CNC(=O)N[C@@H](CCC(=O)O)C(=O)O)C(=O)O)cc3)CC2)cc1. The number of piperazine rings is 1. The number of hydrogen-bond acceptors (Lipinski definition) is 7. The van der Waals surface area contributed by atoms with Crippen LogP contribution in [0.5, 0.6) is 0 Å². The third kappa shape index (κ3) is 9.35. The number of carbonyl (C=O) groups is 6. The number of benzene rings is 2. The Balaban J connectivity index is 1.50. The maximum absolute atomic E-state index is 12.8. The molecule has 0 bridgehead atoms. The molecule has 1 aliphatic heterocycles. The standard InChI is InChI=1S/C27H30N8O9/c28-33-32-19-7-3-17(4-8-19)23(38)34-11-13-35(14-12-34)27(44)30-18-5-1-16(2-6-18)20(24(39)40)15-29-26(43)31-21(25(41)42)9-10-22(36)37/h1-8,20-21H,9-15H2,(H,30,44)(H,36,37)(H,39,40)(H,41,42)(H2,29,31,43)/t20-,21-/m0/s1. The van der Waals surface area contributed by atoms with E-state index in [-0.39, 0.29) is 32.0 Å². The molecule has 3 rings (SSSR count). The van der Waals surface area contributed by atoms with Crippen LogP contribution in [0.25, 0.3) is 10.4 Å². The normalized spacial score (nSPS) is 13.9. The summed E-state index contributed by atoms with van der Waals surface area (Å²) in [4.78, 5) is 77.3. The molecule has 0 unspecified atom stereocenters. The molecule has 1 saturated heterocycles. The van der Waals surface area contributed by atoms with Gasteiger partial charge in [0.2, 0.25) is 0 Å². The molecule has 232 valence electrons. The van der Waals surface area contributed by atoms with E-state index < -0.39 is 48.4 Å². The Kier molecular flexibility index (Phi) is 11.4. The quantitative estimate of drug-likeness (QED) is 0.117. The van der Waals surface area contributed by atoms with E-state index in [9.17, 15) is 33.9 Å². The lowest BCUT2D eigenvalue weighted by Gasteiger charge is -2.34. The van der Waals surface area contributed by atoms with Crippen LogP contribution in [0.4, 0.5) is 21.0 Å². The number of hydrogen-bond donors (Lipinski definition) is 6. The molecule has 6 N–H and O–H groups in total. The minimum absolute atomic E-state index is 0.215. The number of nitrogens with zero attached hydrogens (tertiary/aromatic N) is 5. The number of carboxylic acid groups (broad SMARTS) is 3. The third-order valence-corrected chi connectivity index (χ3v) is 6.71. The van der Waals surface area contributed by atoms with E-state index in [1.165, 1.54) is 41.3 Å². The van der Waals surface area contributed by atoms with E-state index in [0.29, 0.717) is 35.6 Å². The summed E-state index contributed by atoms with van der Waals surface area (Å²) in [5.41, 5.74) is 10.00. The first-order valence-corrected chi connectivity index (χ1v) is 13.3. The molecular weight excluding hydrogens is 580 g/mol. The maximum Gasteiger partial charge on any atom is 0.326 e. The first-order chi connectivity index (χ1) is 21.0. The summed E-state index contributed by atoms with van der Waals surface area (Å²) >= 11 is 0. The molecule has 1 fully saturated rings. The zero-order chi connectivity index (χ0) is 32.2. The highest BCUT2D eigenvalue weighted by Crippen LogP contribution is 2.20. The number of urea groups is 2. The summed E-state index contributed by atoms with van der Waals surface area (Å²) < 4.78 is 0. The van der Waals surface area contributed by atoms with Gasteiger partial charge in [0, 0.05) is 61.0 Å². The summed E-state index contributed by atoms with van der Waals surface area (Å²) in [5, 5.41) is 38.1. The molecule has 17 heteroatoms. The number of carboxylic acids is 3. The Morgan fingerprint density at radius 3 is 2.02 bits per heavy atom. The van der Waals surface area contributed by atoms with Crippen LogP contribution in [0, 0.1) is 0 Å². The van der Waals surface area contributed by atoms with E-state index in [4.69, 9.17) is 15.7 Å². The molecule has 0 radical (unpaired) electrons. The Hall–Kier alpha value is -5.83. The van der Waals surface area contributed by atoms with Gasteiger partial charge in [-0.05, 0) is 41.8 Å². The van der Waals surface area contributed by atoms with Crippen molar-refractivity contribution in [3.8, 4) is 0 Å². The van der Waals surface area contributed by atoms with Crippen molar-refractivity contribution in [2.45, 2.75) is 24.8 Å².